The van der Waals surface area contributed by atoms with Gasteiger partial charge in [-0.15, -0.1) is 11.3 Å². The Kier molecular flexibility index (Phi) is 8.79. The van der Waals surface area contributed by atoms with Gasteiger partial charge >= 0.3 is 0 Å². The van der Waals surface area contributed by atoms with Gasteiger partial charge in [-0.2, -0.15) is 0 Å². The average Bonchev–Trinajstić information content (AvgIpc) is 3.66. The molecule has 1 nitrogen and oxygen atoms in total. The van der Waals surface area contributed by atoms with Crippen LogP contribution in [0.2, 0.25) is 0 Å². The first-order chi connectivity index (χ1) is 27.8. The second-order valence-electron chi connectivity index (χ2n) is 14.1. The Morgan fingerprint density at radius 1 is 0.268 bits per heavy atom. The van der Waals surface area contributed by atoms with E-state index in [1.807, 2.05) is 11.3 Å². The Balaban J connectivity index is 1.15. The minimum atomic E-state index is 1.10. The number of hydrogen-bond donors (Lipinski definition) is 0. The van der Waals surface area contributed by atoms with E-state index in [1.165, 1.54) is 75.8 Å². The second-order valence-corrected chi connectivity index (χ2v) is 15.2. The predicted molar refractivity (Wildman–Crippen MR) is 241 cm³/mol. The fourth-order valence-corrected chi connectivity index (χ4v) is 9.16. The topological polar surface area (TPSA) is 3.24 Å². The zero-order valence-electron chi connectivity index (χ0n) is 30.7. The quantitative estimate of drug-likeness (QED) is 0.150. The first-order valence-corrected chi connectivity index (χ1v) is 19.9. The lowest BCUT2D eigenvalue weighted by molar-refractivity contribution is 1.29. The summed E-state index contributed by atoms with van der Waals surface area (Å²) in [5.74, 6) is 0. The summed E-state index contributed by atoms with van der Waals surface area (Å²) in [5.41, 5.74) is 15.3. The third-order valence-corrected chi connectivity index (χ3v) is 11.9. The SMILES string of the molecule is c1ccc(-c2ccc(-c3ccccc3)c(N(c3ccc(-c4ccccc4-c4ccccc4-c4ccccc4)cc3)c3ccc4c(c3)sc3ccccc34)c2)cc1. The second kappa shape index (κ2) is 14.7. The van der Waals surface area contributed by atoms with Crippen LogP contribution in [0, 0.1) is 0 Å². The summed E-state index contributed by atoms with van der Waals surface area (Å²) in [4.78, 5) is 2.44. The largest absolute Gasteiger partial charge is 0.310 e. The van der Waals surface area contributed by atoms with Crippen LogP contribution >= 0.6 is 11.3 Å². The molecule has 2 heteroatoms. The van der Waals surface area contributed by atoms with Crippen LogP contribution in [0.5, 0.6) is 0 Å². The zero-order chi connectivity index (χ0) is 37.3. The third-order valence-electron chi connectivity index (χ3n) is 10.7. The molecule has 0 saturated heterocycles. The molecule has 0 spiro atoms. The minimum Gasteiger partial charge on any atom is -0.310 e. The molecule has 0 bridgehead atoms. The van der Waals surface area contributed by atoms with Crippen molar-refractivity contribution in [2.24, 2.45) is 0 Å². The maximum atomic E-state index is 2.44. The Morgan fingerprint density at radius 3 is 1.38 bits per heavy atom. The molecule has 0 N–H and O–H groups in total. The van der Waals surface area contributed by atoms with Gasteiger partial charge in [-0.3, -0.25) is 0 Å². The van der Waals surface area contributed by atoms with Gasteiger partial charge in [-0.25, -0.2) is 0 Å². The molecule has 9 aromatic carbocycles. The molecular weight excluding hydrogens is 695 g/mol. The van der Waals surface area contributed by atoms with E-state index in [-0.39, 0.29) is 0 Å². The zero-order valence-corrected chi connectivity index (χ0v) is 31.5. The van der Waals surface area contributed by atoms with Gasteiger partial charge in [0.05, 0.1) is 5.69 Å². The highest BCUT2D eigenvalue weighted by molar-refractivity contribution is 7.25. The molecule has 0 fully saturated rings. The van der Waals surface area contributed by atoms with Crippen LogP contribution in [0.4, 0.5) is 17.1 Å². The van der Waals surface area contributed by atoms with Gasteiger partial charge in [0.15, 0.2) is 0 Å². The van der Waals surface area contributed by atoms with Crippen molar-refractivity contribution in [3.8, 4) is 55.6 Å². The highest BCUT2D eigenvalue weighted by atomic mass is 32.1. The number of hydrogen-bond acceptors (Lipinski definition) is 2. The fraction of sp³-hybridized carbons (Fsp3) is 0. The standard InChI is InChI=1S/C54H37NS/c1-4-16-38(17-5-1)42-30-34-47(40-20-8-3-9-21-40)52(36-42)55(44-33-35-51-50-26-14-15-27-53(50)56-54(51)37-44)43-31-28-41(29-32-43)46-23-11-13-25-49(46)48-24-12-10-22-45(48)39-18-6-2-7-19-39/h1-37H. The van der Waals surface area contributed by atoms with Gasteiger partial charge in [0.1, 0.15) is 0 Å². The van der Waals surface area contributed by atoms with Crippen LogP contribution in [-0.4, -0.2) is 0 Å². The number of benzene rings is 9. The van der Waals surface area contributed by atoms with E-state index < -0.39 is 0 Å². The van der Waals surface area contributed by atoms with E-state index >= 15 is 0 Å². The maximum Gasteiger partial charge on any atom is 0.0546 e. The molecule has 0 aliphatic heterocycles. The van der Waals surface area contributed by atoms with Crippen molar-refractivity contribution in [1.82, 2.24) is 0 Å². The molecule has 1 aromatic heterocycles. The summed E-state index contributed by atoms with van der Waals surface area (Å²) in [5, 5.41) is 2.59. The van der Waals surface area contributed by atoms with Crippen LogP contribution in [0.15, 0.2) is 224 Å². The van der Waals surface area contributed by atoms with E-state index in [2.05, 4.69) is 229 Å². The highest BCUT2D eigenvalue weighted by Gasteiger charge is 2.21. The third kappa shape index (κ3) is 6.26. The van der Waals surface area contributed by atoms with Crippen molar-refractivity contribution >= 4 is 48.6 Å². The van der Waals surface area contributed by atoms with Gasteiger partial charge in [-0.05, 0) is 86.5 Å². The number of anilines is 3. The molecule has 10 aromatic rings. The Labute approximate surface area is 332 Å². The summed E-state index contributed by atoms with van der Waals surface area (Å²) in [6, 6.07) is 81.4. The van der Waals surface area contributed by atoms with Gasteiger partial charge in [0.25, 0.3) is 0 Å². The van der Waals surface area contributed by atoms with E-state index in [9.17, 15) is 0 Å². The van der Waals surface area contributed by atoms with E-state index in [1.54, 1.807) is 0 Å². The lowest BCUT2D eigenvalue weighted by Gasteiger charge is -2.29. The fourth-order valence-electron chi connectivity index (χ4n) is 8.02. The Morgan fingerprint density at radius 2 is 0.732 bits per heavy atom. The normalized spacial score (nSPS) is 11.2. The Bertz CT molecular complexity index is 2950. The van der Waals surface area contributed by atoms with Crippen molar-refractivity contribution < 1.29 is 0 Å². The molecule has 0 radical (unpaired) electrons. The first kappa shape index (κ1) is 33.6. The molecule has 0 amide bonds. The van der Waals surface area contributed by atoms with Gasteiger partial charge in [-0.1, -0.05) is 188 Å². The molecule has 264 valence electrons. The van der Waals surface area contributed by atoms with Crippen molar-refractivity contribution in [1.29, 1.82) is 0 Å². The minimum absolute atomic E-state index is 1.10. The van der Waals surface area contributed by atoms with Crippen LogP contribution in [0.3, 0.4) is 0 Å². The van der Waals surface area contributed by atoms with Crippen LogP contribution in [-0.2, 0) is 0 Å². The Hall–Kier alpha value is -7.00. The van der Waals surface area contributed by atoms with Crippen molar-refractivity contribution in [3.63, 3.8) is 0 Å². The van der Waals surface area contributed by atoms with Gasteiger partial charge in [0.2, 0.25) is 0 Å². The molecule has 1 heterocycles. The number of nitrogens with zero attached hydrogens (tertiary/aromatic N) is 1. The summed E-state index contributed by atoms with van der Waals surface area (Å²) in [7, 11) is 0. The van der Waals surface area contributed by atoms with Crippen molar-refractivity contribution in [3.05, 3.63) is 224 Å². The number of fused-ring (bicyclic) bond motifs is 3. The summed E-state index contributed by atoms with van der Waals surface area (Å²) in [6.07, 6.45) is 0. The molecule has 0 atom stereocenters. The predicted octanol–water partition coefficient (Wildman–Crippen LogP) is 15.9. The van der Waals surface area contributed by atoms with Gasteiger partial charge < -0.3 is 4.90 Å². The van der Waals surface area contributed by atoms with Gasteiger partial charge in [0, 0.05) is 37.1 Å². The lowest BCUT2D eigenvalue weighted by Crippen LogP contribution is -2.11. The van der Waals surface area contributed by atoms with Crippen LogP contribution < -0.4 is 4.90 Å². The molecular formula is C54H37NS. The number of thiophene rings is 1. The van der Waals surface area contributed by atoms with Crippen molar-refractivity contribution in [2.75, 3.05) is 4.90 Å². The van der Waals surface area contributed by atoms with Crippen LogP contribution in [0.25, 0.3) is 75.8 Å². The first-order valence-electron chi connectivity index (χ1n) is 19.1. The molecule has 10 rings (SSSR count). The molecule has 0 saturated carbocycles. The van der Waals surface area contributed by atoms with E-state index in [0.717, 1.165) is 17.1 Å². The van der Waals surface area contributed by atoms with Crippen LogP contribution in [0.1, 0.15) is 0 Å². The van der Waals surface area contributed by atoms with E-state index in [4.69, 9.17) is 0 Å². The van der Waals surface area contributed by atoms with Crippen molar-refractivity contribution in [2.45, 2.75) is 0 Å². The lowest BCUT2D eigenvalue weighted by atomic mass is 9.89. The summed E-state index contributed by atoms with van der Waals surface area (Å²) < 4.78 is 2.58. The summed E-state index contributed by atoms with van der Waals surface area (Å²) >= 11 is 1.86. The highest BCUT2D eigenvalue weighted by Crippen LogP contribution is 2.46. The molecule has 56 heavy (non-hydrogen) atoms. The summed E-state index contributed by atoms with van der Waals surface area (Å²) in [6.45, 7) is 0. The smallest absolute Gasteiger partial charge is 0.0546 e. The van der Waals surface area contributed by atoms with E-state index in [0.29, 0.717) is 0 Å². The number of rotatable bonds is 8. The maximum absolute atomic E-state index is 2.44. The molecule has 0 aliphatic carbocycles. The molecule has 0 unspecified atom stereocenters. The molecule has 0 aliphatic rings. The average molecular weight is 732 g/mol. The monoisotopic (exact) mass is 731 g/mol.